The number of amides is 3. The molecule has 1 aliphatic heterocycles. The number of cyclic esters (lactones) is 1. The molecule has 1 atom stereocenters. The standard InChI is InChI=1S/C18H16N2O4S/c21-16(9-8-14-7-4-10-25-14)19-15(13-5-2-1-3-6-13)11-20-17(22)12-24-18(20)23/h1-10,15H,11-12H2,(H,19,21)/b9-8+/t15-/m0/s1. The maximum absolute atomic E-state index is 12.2. The molecule has 2 heterocycles. The van der Waals surface area contributed by atoms with Crippen LogP contribution in [0.25, 0.3) is 6.08 Å². The molecule has 128 valence electrons. The summed E-state index contributed by atoms with van der Waals surface area (Å²) in [5.41, 5.74) is 0.799. The Labute approximate surface area is 148 Å². The minimum atomic E-state index is -0.686. The first-order valence-corrected chi connectivity index (χ1v) is 8.55. The van der Waals surface area contributed by atoms with Gasteiger partial charge in [-0.1, -0.05) is 36.4 Å². The van der Waals surface area contributed by atoms with Gasteiger partial charge in [0.15, 0.2) is 6.61 Å². The molecule has 0 bridgehead atoms. The average Bonchev–Trinajstić information content (AvgIpc) is 3.25. The molecule has 1 aromatic carbocycles. The zero-order valence-corrected chi connectivity index (χ0v) is 14.1. The Kier molecular flexibility index (Phi) is 5.25. The molecular formula is C18H16N2O4S. The molecule has 0 spiro atoms. The Morgan fingerprint density at radius 2 is 2.04 bits per heavy atom. The van der Waals surface area contributed by atoms with Crippen LogP contribution < -0.4 is 5.32 Å². The van der Waals surface area contributed by atoms with Crippen molar-refractivity contribution in [1.29, 1.82) is 0 Å². The number of hydrogen-bond acceptors (Lipinski definition) is 5. The predicted octanol–water partition coefficient (Wildman–Crippen LogP) is 2.60. The fraction of sp³-hybridized carbons (Fsp3) is 0.167. The van der Waals surface area contributed by atoms with Crippen LogP contribution in [-0.2, 0) is 14.3 Å². The Morgan fingerprint density at radius 3 is 2.68 bits per heavy atom. The highest BCUT2D eigenvalue weighted by Crippen LogP contribution is 2.17. The number of thiophene rings is 1. The largest absolute Gasteiger partial charge is 0.439 e. The van der Waals surface area contributed by atoms with Crippen molar-refractivity contribution in [3.8, 4) is 0 Å². The molecule has 0 aliphatic carbocycles. The summed E-state index contributed by atoms with van der Waals surface area (Å²) >= 11 is 1.53. The number of carbonyl (C=O) groups excluding carboxylic acids is 3. The molecule has 3 amide bonds. The lowest BCUT2D eigenvalue weighted by Gasteiger charge is -2.22. The van der Waals surface area contributed by atoms with Crippen LogP contribution in [0.4, 0.5) is 4.79 Å². The van der Waals surface area contributed by atoms with Crippen LogP contribution in [0, 0.1) is 0 Å². The number of rotatable bonds is 6. The van der Waals surface area contributed by atoms with Crippen molar-refractivity contribution in [2.45, 2.75) is 6.04 Å². The zero-order valence-electron chi connectivity index (χ0n) is 13.3. The second kappa shape index (κ2) is 7.76. The Hall–Kier alpha value is -2.93. The molecule has 7 heteroatoms. The van der Waals surface area contributed by atoms with Gasteiger partial charge in [0.1, 0.15) is 0 Å². The van der Waals surface area contributed by atoms with E-state index in [1.807, 2.05) is 47.8 Å². The molecule has 1 aliphatic rings. The smallest absolute Gasteiger partial charge is 0.417 e. The van der Waals surface area contributed by atoms with Gasteiger partial charge in [-0.15, -0.1) is 11.3 Å². The highest BCUT2D eigenvalue weighted by atomic mass is 32.1. The Morgan fingerprint density at radius 1 is 1.24 bits per heavy atom. The van der Waals surface area contributed by atoms with Crippen LogP contribution >= 0.6 is 11.3 Å². The molecule has 25 heavy (non-hydrogen) atoms. The van der Waals surface area contributed by atoms with E-state index in [1.54, 1.807) is 6.08 Å². The van der Waals surface area contributed by atoms with Gasteiger partial charge in [0.2, 0.25) is 5.91 Å². The lowest BCUT2D eigenvalue weighted by molar-refractivity contribution is -0.126. The van der Waals surface area contributed by atoms with Gasteiger partial charge in [0.25, 0.3) is 5.91 Å². The van der Waals surface area contributed by atoms with E-state index in [4.69, 9.17) is 4.74 Å². The van der Waals surface area contributed by atoms with Gasteiger partial charge < -0.3 is 10.1 Å². The summed E-state index contributed by atoms with van der Waals surface area (Å²) in [4.78, 5) is 37.7. The molecule has 3 rings (SSSR count). The van der Waals surface area contributed by atoms with E-state index < -0.39 is 18.0 Å². The molecule has 1 fully saturated rings. The van der Waals surface area contributed by atoms with Gasteiger partial charge in [-0.05, 0) is 23.1 Å². The first-order valence-electron chi connectivity index (χ1n) is 7.67. The van der Waals surface area contributed by atoms with Gasteiger partial charge >= 0.3 is 6.09 Å². The molecule has 1 aromatic heterocycles. The molecule has 0 radical (unpaired) electrons. The third-order valence-electron chi connectivity index (χ3n) is 3.67. The summed E-state index contributed by atoms with van der Waals surface area (Å²) in [5.74, 6) is -0.712. The first-order chi connectivity index (χ1) is 12.1. The third-order valence-corrected chi connectivity index (χ3v) is 4.50. The fourth-order valence-corrected chi connectivity index (χ4v) is 3.04. The van der Waals surface area contributed by atoms with Gasteiger partial charge in [0.05, 0.1) is 12.6 Å². The van der Waals surface area contributed by atoms with E-state index >= 15 is 0 Å². The predicted molar refractivity (Wildman–Crippen MR) is 93.7 cm³/mol. The van der Waals surface area contributed by atoms with E-state index in [0.29, 0.717) is 0 Å². The first kappa shape index (κ1) is 16.9. The highest BCUT2D eigenvalue weighted by Gasteiger charge is 2.33. The number of carbonyl (C=O) groups is 3. The van der Waals surface area contributed by atoms with E-state index in [-0.39, 0.29) is 19.1 Å². The summed E-state index contributed by atoms with van der Waals surface area (Å²) in [6.07, 6.45) is 2.47. The number of nitrogens with one attached hydrogen (secondary N) is 1. The fourth-order valence-electron chi connectivity index (χ4n) is 2.42. The number of nitrogens with zero attached hydrogens (tertiary/aromatic N) is 1. The quantitative estimate of drug-likeness (QED) is 0.807. The Balaban J connectivity index is 1.73. The maximum atomic E-state index is 12.2. The van der Waals surface area contributed by atoms with Gasteiger partial charge in [-0.3, -0.25) is 9.59 Å². The highest BCUT2D eigenvalue weighted by molar-refractivity contribution is 7.10. The van der Waals surface area contributed by atoms with Crippen LogP contribution in [0.2, 0.25) is 0 Å². The van der Waals surface area contributed by atoms with Crippen LogP contribution in [0.5, 0.6) is 0 Å². The number of hydrogen-bond donors (Lipinski definition) is 1. The number of benzene rings is 1. The monoisotopic (exact) mass is 356 g/mol. The van der Waals surface area contributed by atoms with E-state index in [2.05, 4.69) is 5.32 Å². The summed E-state index contributed by atoms with van der Waals surface area (Å²) < 4.78 is 4.73. The van der Waals surface area contributed by atoms with Crippen molar-refractivity contribution in [1.82, 2.24) is 10.2 Å². The average molecular weight is 356 g/mol. The normalized spacial score (nSPS) is 15.4. The van der Waals surface area contributed by atoms with Crippen LogP contribution in [0.1, 0.15) is 16.5 Å². The van der Waals surface area contributed by atoms with E-state index in [9.17, 15) is 14.4 Å². The SMILES string of the molecule is O=C(/C=C/c1cccs1)N[C@@H](CN1C(=O)COC1=O)c1ccccc1. The summed E-state index contributed by atoms with van der Waals surface area (Å²) in [7, 11) is 0. The minimum Gasteiger partial charge on any atom is -0.439 e. The lowest BCUT2D eigenvalue weighted by Crippen LogP contribution is -2.40. The van der Waals surface area contributed by atoms with Crippen molar-refractivity contribution >= 4 is 35.3 Å². The molecule has 6 nitrogen and oxygen atoms in total. The maximum Gasteiger partial charge on any atom is 0.417 e. The van der Waals surface area contributed by atoms with Gasteiger partial charge in [-0.25, -0.2) is 9.69 Å². The third kappa shape index (κ3) is 4.33. The van der Waals surface area contributed by atoms with Crippen LogP contribution in [-0.4, -0.2) is 36.0 Å². The van der Waals surface area contributed by atoms with Gasteiger partial charge in [-0.2, -0.15) is 0 Å². The molecule has 0 unspecified atom stereocenters. The van der Waals surface area contributed by atoms with Crippen molar-refractivity contribution in [2.75, 3.05) is 13.2 Å². The second-order valence-electron chi connectivity index (χ2n) is 5.38. The van der Waals surface area contributed by atoms with Crippen molar-refractivity contribution in [3.63, 3.8) is 0 Å². The van der Waals surface area contributed by atoms with Crippen molar-refractivity contribution in [2.24, 2.45) is 0 Å². The summed E-state index contributed by atoms with van der Waals surface area (Å²) in [5, 5.41) is 4.77. The lowest BCUT2D eigenvalue weighted by atomic mass is 10.1. The molecule has 2 aromatic rings. The molecular weight excluding hydrogens is 340 g/mol. The summed E-state index contributed by atoms with van der Waals surface area (Å²) in [6, 6.07) is 12.5. The number of ether oxygens (including phenoxy) is 1. The molecule has 0 saturated carbocycles. The van der Waals surface area contributed by atoms with Gasteiger partial charge in [0, 0.05) is 11.0 Å². The van der Waals surface area contributed by atoms with E-state index in [0.717, 1.165) is 15.3 Å². The second-order valence-corrected chi connectivity index (χ2v) is 6.36. The van der Waals surface area contributed by atoms with E-state index in [1.165, 1.54) is 17.4 Å². The van der Waals surface area contributed by atoms with Crippen molar-refractivity contribution < 1.29 is 19.1 Å². The van der Waals surface area contributed by atoms with Crippen molar-refractivity contribution in [3.05, 3.63) is 64.4 Å². The van der Waals surface area contributed by atoms with Crippen LogP contribution in [0.3, 0.4) is 0 Å². The number of imide groups is 1. The minimum absolute atomic E-state index is 0.0280. The topological polar surface area (TPSA) is 75.7 Å². The molecule has 1 N–H and O–H groups in total. The zero-order chi connectivity index (χ0) is 17.6. The Bertz CT molecular complexity index is 771. The van der Waals surface area contributed by atoms with Crippen LogP contribution in [0.15, 0.2) is 53.9 Å². The summed E-state index contributed by atoms with van der Waals surface area (Å²) in [6.45, 7) is -0.229. The molecule has 1 saturated heterocycles.